The lowest BCUT2D eigenvalue weighted by atomic mass is 9.82. The number of fused-ring (bicyclic) bond motifs is 5. The van der Waals surface area contributed by atoms with E-state index in [-0.39, 0.29) is 44.1 Å². The van der Waals surface area contributed by atoms with E-state index in [0.29, 0.717) is 53.9 Å². The van der Waals surface area contributed by atoms with Crippen LogP contribution in [0.4, 0.5) is 0 Å². The number of hydrogen-bond acceptors (Lipinski definition) is 0. The molecule has 0 spiro atoms. The summed E-state index contributed by atoms with van der Waals surface area (Å²) in [6.45, 7) is 89.1. The van der Waals surface area contributed by atoms with E-state index in [1.807, 2.05) is 11.6 Å². The van der Waals surface area contributed by atoms with E-state index in [2.05, 4.69) is 487 Å². The van der Waals surface area contributed by atoms with Gasteiger partial charge >= 0.3 is 0 Å². The van der Waals surface area contributed by atoms with Crippen LogP contribution in [0, 0.1) is 103 Å². The molecule has 15 rings (SSSR count). The molecule has 10 aromatic carbocycles. The summed E-state index contributed by atoms with van der Waals surface area (Å²) in [7, 11) is 10.3. The Kier molecular flexibility index (Phi) is 31.1. The van der Waals surface area contributed by atoms with Crippen molar-refractivity contribution in [3.8, 4) is 56.3 Å². The van der Waals surface area contributed by atoms with E-state index in [1.54, 1.807) is 0 Å². The average molecular weight is 1890 g/mol. The van der Waals surface area contributed by atoms with Crippen LogP contribution < -0.4 is 22.8 Å². The Bertz CT molecular complexity index is 7530. The quantitative estimate of drug-likeness (QED) is 0.0967. The summed E-state index contributed by atoms with van der Waals surface area (Å²) in [6, 6.07) is 63.9. The predicted molar refractivity (Wildman–Crippen MR) is 614 cm³/mol. The van der Waals surface area contributed by atoms with Gasteiger partial charge in [-0.1, -0.05) is 304 Å². The highest BCUT2D eigenvalue weighted by Crippen LogP contribution is 2.43. The van der Waals surface area contributed by atoms with Crippen molar-refractivity contribution >= 4 is 53.9 Å². The van der Waals surface area contributed by atoms with Gasteiger partial charge in [-0.2, -0.15) is 18.3 Å². The Balaban J connectivity index is 0.000000175. The molecule has 5 nitrogen and oxygen atoms in total. The molecule has 746 valence electrons. The van der Waals surface area contributed by atoms with Gasteiger partial charge in [-0.15, -0.1) is 0 Å². The number of aromatic nitrogens is 5. The first-order valence-corrected chi connectivity index (χ1v) is 52.4. The number of hydrogen-bond donors (Lipinski definition) is 0. The Labute approximate surface area is 864 Å². The van der Waals surface area contributed by atoms with Crippen LogP contribution in [0.2, 0.25) is 0 Å². The van der Waals surface area contributed by atoms with Crippen molar-refractivity contribution in [3.63, 3.8) is 0 Å². The van der Waals surface area contributed by atoms with E-state index in [1.165, 1.54) is 167 Å². The molecule has 5 heteroatoms. The van der Waals surface area contributed by atoms with Gasteiger partial charge in [-0.3, -0.25) is 0 Å². The van der Waals surface area contributed by atoms with Gasteiger partial charge in [-0.05, 0) is 330 Å². The number of pyridine rings is 5. The van der Waals surface area contributed by atoms with Gasteiger partial charge in [0, 0.05) is 63.5 Å². The molecule has 0 aliphatic carbocycles. The van der Waals surface area contributed by atoms with Crippen molar-refractivity contribution < 1.29 is 31.1 Å². The Morgan fingerprint density at radius 1 is 0.248 bits per heavy atom. The molecular weight excluding hydrogens is 1700 g/mol. The van der Waals surface area contributed by atoms with Crippen molar-refractivity contribution in [3.05, 3.63) is 323 Å². The first kappa shape index (κ1) is 102. The molecule has 0 radical (unpaired) electrons. The highest BCUT2D eigenvalue weighted by atomic mass is 15.0. The summed E-state index contributed by atoms with van der Waals surface area (Å²) >= 11 is 0. The van der Waals surface area contributed by atoms with Gasteiger partial charge in [0.25, 0.3) is 0 Å². The van der Waals surface area contributed by atoms with Crippen molar-refractivity contribution in [2.75, 3.05) is 0 Å². The van der Waals surface area contributed by atoms with Crippen molar-refractivity contribution in [2.45, 2.75) is 344 Å². The standard InChI is InChI=1S/2C28H38N.2C27H36N.C26H34N/c1-18-13-23(28(7,8)9)16-25(20(18)3)26-24-12-11-21(17-27(4,5)6)15-22(24)14-19(2)29(26)10;1-18(2)23-15-25(19(3)4)20(5)26(16-23)27-24-11-10-21(17-28(6,7)8)14-22(24)12-13-29(27)9;1-18-10-12-22(27(6,7)8)16-24(18)25-23-13-11-20(17-26(3,4)5)15-21(23)14-19(2)28(25)9;1-17(2)22-12-18(3)20(5)25(15-22)26-24-11-10-21(16-27(6,7)8)14-23(24)13-19(4)28(26)9;1-17(2)21-11-9-18(3)24(15-21)25-23-12-10-20(16-26(5,6)7)14-22(23)13-19(4)27(25)8/h11-16H,17H2,1-10H3;10-16,18-19H,17H2,1-9H3;10-16H,17H2,1-9H3;10-15,17H,16H2,1-9H3;9-15,17H,16H2,1-8H3/q5*+1/i14D;12D,13D;14D;2*13D. The summed E-state index contributed by atoms with van der Waals surface area (Å²) in [6.07, 6.45) is 5.26. The van der Waals surface area contributed by atoms with Crippen molar-refractivity contribution in [2.24, 2.45) is 62.3 Å². The van der Waals surface area contributed by atoms with Gasteiger partial charge in [0.15, 0.2) is 28.9 Å². The molecule has 0 bridgehead atoms. The zero-order valence-electron chi connectivity index (χ0n) is 102. The molecule has 141 heavy (non-hydrogen) atoms. The minimum absolute atomic E-state index is 0.0892. The fourth-order valence-corrected chi connectivity index (χ4v) is 20.2. The molecule has 0 atom stereocenters. The third-order valence-corrected chi connectivity index (χ3v) is 28.6. The summed E-state index contributed by atoms with van der Waals surface area (Å²) in [4.78, 5) is 0. The average Bonchev–Trinajstić information content (AvgIpc) is 0.766. The predicted octanol–water partition coefficient (Wildman–Crippen LogP) is 35.1. The highest BCUT2D eigenvalue weighted by molar-refractivity contribution is 5.99. The van der Waals surface area contributed by atoms with Gasteiger partial charge in [0.1, 0.15) is 36.6 Å². The first-order chi connectivity index (χ1) is 67.7. The molecule has 0 amide bonds. The fraction of sp³-hybridized carbons (Fsp3) is 0.449. The van der Waals surface area contributed by atoms with E-state index in [0.717, 1.165) is 98.3 Å². The fourth-order valence-electron chi connectivity index (χ4n) is 20.2. The second-order valence-electron chi connectivity index (χ2n) is 51.2. The topological polar surface area (TPSA) is 19.4 Å². The van der Waals surface area contributed by atoms with Crippen LogP contribution in [0.1, 0.15) is 356 Å². The number of benzene rings is 10. The monoisotopic (exact) mass is 1890 g/mol. The van der Waals surface area contributed by atoms with Crippen LogP contribution in [0.15, 0.2) is 200 Å². The minimum atomic E-state index is 0.0892. The maximum Gasteiger partial charge on any atom is 0.220 e. The van der Waals surface area contributed by atoms with Gasteiger partial charge < -0.3 is 0 Å². The summed E-state index contributed by atoms with van der Waals surface area (Å²) in [5, 5.41) is 10.8. The van der Waals surface area contributed by atoms with Crippen molar-refractivity contribution in [1.29, 1.82) is 0 Å². The largest absolute Gasteiger partial charge is 0.220 e. The lowest BCUT2D eigenvalue weighted by Crippen LogP contribution is -2.35. The maximum absolute atomic E-state index is 8.83. The molecule has 0 fully saturated rings. The lowest BCUT2D eigenvalue weighted by Gasteiger charge is -2.22. The van der Waals surface area contributed by atoms with Crippen LogP contribution in [0.5, 0.6) is 0 Å². The molecule has 0 unspecified atom stereocenters. The molecule has 5 heterocycles. The normalized spacial score (nSPS) is 13.0. The minimum Gasteiger partial charge on any atom is -0.200 e. The van der Waals surface area contributed by atoms with E-state index < -0.39 is 0 Å². The van der Waals surface area contributed by atoms with Crippen molar-refractivity contribution in [1.82, 2.24) is 0 Å². The summed E-state index contributed by atoms with van der Waals surface area (Å²) < 4.78 is 63.3. The van der Waals surface area contributed by atoms with Crippen LogP contribution in [0.25, 0.3) is 110 Å². The SMILES string of the molecule is [2H]c1c(C)[n+](C)c(-c2cc(C(C)(C)C)cc(C)c2C)c2ccc(CC(C)(C)C)cc12.[2H]c1c(C)[n+](C)c(-c2cc(C(C)(C)C)ccc2C)c2ccc(CC(C)(C)C)cc12.[2H]c1c(C)[n+](C)c(-c2cc(C(C)C)cc(C)c2C)c2ccc(CC(C)(C)C)cc12.[2H]c1c(C)[n+](C)c(-c2cc(C(C)C)ccc2C)c2ccc(CC(C)(C)C)cc12.[2H]c1c([2H])[n+](C)c(-c2cc(C(C)C)cc(C(C)C)c2C)c2ccc(CC(C)(C)C)cc12. The smallest absolute Gasteiger partial charge is 0.200 e. The van der Waals surface area contributed by atoms with Crippen LogP contribution >= 0.6 is 0 Å². The van der Waals surface area contributed by atoms with Gasteiger partial charge in [0.05, 0.1) is 56.0 Å². The summed E-state index contributed by atoms with van der Waals surface area (Å²) in [5.41, 5.74) is 41.1. The molecule has 0 saturated carbocycles. The molecule has 15 aromatic rings. The van der Waals surface area contributed by atoms with Crippen LogP contribution in [-0.4, -0.2) is 0 Å². The molecule has 0 aliphatic heterocycles. The van der Waals surface area contributed by atoms with Crippen LogP contribution in [0.3, 0.4) is 0 Å². The third-order valence-electron chi connectivity index (χ3n) is 28.6. The Morgan fingerprint density at radius 2 is 0.525 bits per heavy atom. The first-order valence-electron chi connectivity index (χ1n) is 55.4. The molecule has 0 N–H and O–H groups in total. The number of rotatable bonds is 14. The zero-order valence-corrected chi connectivity index (χ0v) is 96.2. The van der Waals surface area contributed by atoms with Crippen LogP contribution in [-0.2, 0) is 78.2 Å². The van der Waals surface area contributed by atoms with E-state index >= 15 is 0 Å². The number of nitrogens with zero attached hydrogens (tertiary/aromatic N) is 5. The number of aryl methyl sites for hydroxylation is 4. The maximum atomic E-state index is 8.83. The molecular formula is C136H182N5+5. The van der Waals surface area contributed by atoms with E-state index in [4.69, 9.17) is 8.22 Å². The molecule has 0 aliphatic rings. The second kappa shape index (κ2) is 43.0. The highest BCUT2D eigenvalue weighted by Gasteiger charge is 2.32. The Hall–Kier alpha value is -10.8. The van der Waals surface area contributed by atoms with E-state index in [9.17, 15) is 0 Å². The summed E-state index contributed by atoms with van der Waals surface area (Å²) in [5.74, 6) is 1.83. The molecule has 5 aromatic heterocycles. The zero-order chi connectivity index (χ0) is 110. The Morgan fingerprint density at radius 3 is 0.851 bits per heavy atom. The molecule has 0 saturated heterocycles. The van der Waals surface area contributed by atoms with Gasteiger partial charge in [-0.25, -0.2) is 4.57 Å². The third kappa shape index (κ3) is 27.0. The lowest BCUT2D eigenvalue weighted by molar-refractivity contribution is -0.665. The second-order valence-corrected chi connectivity index (χ2v) is 51.2. The van der Waals surface area contributed by atoms with Gasteiger partial charge in [0.2, 0.25) is 28.5 Å².